The van der Waals surface area contributed by atoms with Crippen LogP contribution in [0.4, 0.5) is 5.82 Å². The lowest BCUT2D eigenvalue weighted by Crippen LogP contribution is -2.49. The SMILES string of the molecule is Nc1nnc(C23CC4CC(CC(C4)C2)C3)cc1C(=O)O. The molecule has 1 aromatic heterocycles. The molecule has 20 heavy (non-hydrogen) atoms. The quantitative estimate of drug-likeness (QED) is 0.862. The number of carbonyl (C=O) groups is 1. The van der Waals surface area contributed by atoms with Crippen LogP contribution in [0.1, 0.15) is 54.6 Å². The Labute approximate surface area is 117 Å². The van der Waals surface area contributed by atoms with Crippen molar-refractivity contribution in [2.24, 2.45) is 17.8 Å². The van der Waals surface area contributed by atoms with Crippen molar-refractivity contribution >= 4 is 11.8 Å². The van der Waals surface area contributed by atoms with Crippen LogP contribution in [-0.2, 0) is 5.41 Å². The number of rotatable bonds is 2. The van der Waals surface area contributed by atoms with Gasteiger partial charge in [-0.25, -0.2) is 4.79 Å². The standard InChI is InChI=1S/C15H19N3O2/c16-13-11(14(19)20)4-12(17-18-13)15-5-8-1-9(6-15)3-10(2-8)7-15/h4,8-10H,1-3,5-7H2,(H2,16,18)(H,19,20). The average Bonchev–Trinajstić information content (AvgIpc) is 2.37. The molecule has 4 bridgehead atoms. The number of nitrogens with two attached hydrogens (primary N) is 1. The summed E-state index contributed by atoms with van der Waals surface area (Å²) < 4.78 is 0. The highest BCUT2D eigenvalue weighted by Gasteiger charge is 2.52. The maximum Gasteiger partial charge on any atom is 0.339 e. The molecule has 4 aliphatic rings. The van der Waals surface area contributed by atoms with Gasteiger partial charge >= 0.3 is 5.97 Å². The fourth-order valence-electron chi connectivity index (χ4n) is 5.26. The van der Waals surface area contributed by atoms with Crippen LogP contribution in [-0.4, -0.2) is 21.3 Å². The van der Waals surface area contributed by atoms with E-state index < -0.39 is 5.97 Å². The van der Waals surface area contributed by atoms with E-state index in [1.54, 1.807) is 6.07 Å². The van der Waals surface area contributed by atoms with E-state index in [4.69, 9.17) is 5.73 Å². The highest BCUT2D eigenvalue weighted by Crippen LogP contribution is 2.60. The van der Waals surface area contributed by atoms with Crippen molar-refractivity contribution in [3.63, 3.8) is 0 Å². The minimum atomic E-state index is -1.01. The number of aromatic nitrogens is 2. The third-order valence-corrected chi connectivity index (χ3v) is 5.63. The molecule has 0 atom stereocenters. The van der Waals surface area contributed by atoms with Gasteiger partial charge in [-0.15, -0.1) is 5.10 Å². The highest BCUT2D eigenvalue weighted by atomic mass is 16.4. The summed E-state index contributed by atoms with van der Waals surface area (Å²) in [4.78, 5) is 11.3. The highest BCUT2D eigenvalue weighted by molar-refractivity contribution is 5.92. The first kappa shape index (κ1) is 12.1. The van der Waals surface area contributed by atoms with Crippen LogP contribution in [0, 0.1) is 17.8 Å². The van der Waals surface area contributed by atoms with Crippen molar-refractivity contribution in [3.05, 3.63) is 17.3 Å². The summed E-state index contributed by atoms with van der Waals surface area (Å²) in [5.74, 6) is 1.41. The molecule has 0 aliphatic heterocycles. The molecule has 0 spiro atoms. The zero-order valence-corrected chi connectivity index (χ0v) is 11.4. The van der Waals surface area contributed by atoms with E-state index in [2.05, 4.69) is 10.2 Å². The molecular weight excluding hydrogens is 254 g/mol. The van der Waals surface area contributed by atoms with Gasteiger partial charge in [-0.3, -0.25) is 0 Å². The topological polar surface area (TPSA) is 89.1 Å². The summed E-state index contributed by atoms with van der Waals surface area (Å²) in [5.41, 5.74) is 6.66. The largest absolute Gasteiger partial charge is 0.478 e. The van der Waals surface area contributed by atoms with Crippen molar-refractivity contribution in [1.29, 1.82) is 0 Å². The molecule has 0 unspecified atom stereocenters. The van der Waals surface area contributed by atoms with Crippen molar-refractivity contribution in [3.8, 4) is 0 Å². The molecule has 0 saturated heterocycles. The lowest BCUT2D eigenvalue weighted by atomic mass is 9.49. The second-order valence-corrected chi connectivity index (χ2v) is 7.03. The summed E-state index contributed by atoms with van der Waals surface area (Å²) in [6, 6.07) is 1.68. The Morgan fingerprint density at radius 3 is 2.20 bits per heavy atom. The second-order valence-electron chi connectivity index (χ2n) is 7.03. The van der Waals surface area contributed by atoms with Gasteiger partial charge in [-0.05, 0) is 62.3 Å². The van der Waals surface area contributed by atoms with Crippen LogP contribution in [0.5, 0.6) is 0 Å². The summed E-state index contributed by atoms with van der Waals surface area (Å²) in [6.07, 6.45) is 7.51. The predicted octanol–water partition coefficient (Wildman–Crippen LogP) is 2.22. The summed E-state index contributed by atoms with van der Waals surface area (Å²) in [5, 5.41) is 17.4. The Morgan fingerprint density at radius 1 is 1.15 bits per heavy atom. The molecule has 5 nitrogen and oxygen atoms in total. The van der Waals surface area contributed by atoms with Crippen LogP contribution in [0.15, 0.2) is 6.07 Å². The minimum absolute atomic E-state index is 0.0194. The molecule has 1 heterocycles. The number of nitrogen functional groups attached to an aromatic ring is 1. The Morgan fingerprint density at radius 2 is 1.70 bits per heavy atom. The maximum atomic E-state index is 11.3. The zero-order chi connectivity index (χ0) is 13.9. The first-order valence-corrected chi connectivity index (χ1v) is 7.43. The minimum Gasteiger partial charge on any atom is -0.478 e. The first-order chi connectivity index (χ1) is 9.56. The molecule has 0 amide bonds. The molecule has 0 aromatic carbocycles. The molecule has 4 saturated carbocycles. The van der Waals surface area contributed by atoms with Crippen molar-refractivity contribution in [1.82, 2.24) is 10.2 Å². The van der Waals surface area contributed by atoms with Gasteiger partial charge in [0.05, 0.1) is 5.69 Å². The smallest absolute Gasteiger partial charge is 0.339 e. The van der Waals surface area contributed by atoms with Crippen LogP contribution in [0.2, 0.25) is 0 Å². The molecule has 4 fully saturated rings. The average molecular weight is 273 g/mol. The molecule has 1 aromatic rings. The Kier molecular flexibility index (Phi) is 2.38. The normalized spacial score (nSPS) is 38.1. The number of hydrogen-bond acceptors (Lipinski definition) is 4. The van der Waals surface area contributed by atoms with Gasteiger partial charge in [0.15, 0.2) is 5.82 Å². The van der Waals surface area contributed by atoms with Gasteiger partial charge in [-0.1, -0.05) is 0 Å². The number of anilines is 1. The summed E-state index contributed by atoms with van der Waals surface area (Å²) >= 11 is 0. The first-order valence-electron chi connectivity index (χ1n) is 7.43. The van der Waals surface area contributed by atoms with Gasteiger partial charge in [0.25, 0.3) is 0 Å². The van der Waals surface area contributed by atoms with E-state index in [1.807, 2.05) is 0 Å². The van der Waals surface area contributed by atoms with Crippen molar-refractivity contribution in [2.45, 2.75) is 43.9 Å². The monoisotopic (exact) mass is 273 g/mol. The number of carboxylic acid groups (broad SMARTS) is 1. The van der Waals surface area contributed by atoms with E-state index in [-0.39, 0.29) is 16.8 Å². The van der Waals surface area contributed by atoms with Crippen LogP contribution >= 0.6 is 0 Å². The van der Waals surface area contributed by atoms with Crippen molar-refractivity contribution in [2.75, 3.05) is 5.73 Å². The van der Waals surface area contributed by atoms with Gasteiger partial charge in [0.1, 0.15) is 5.56 Å². The van der Waals surface area contributed by atoms with Crippen LogP contribution in [0.25, 0.3) is 0 Å². The fourth-order valence-corrected chi connectivity index (χ4v) is 5.26. The zero-order valence-electron chi connectivity index (χ0n) is 11.4. The van der Waals surface area contributed by atoms with Crippen LogP contribution < -0.4 is 5.73 Å². The number of nitrogens with zero attached hydrogens (tertiary/aromatic N) is 2. The molecule has 106 valence electrons. The second kappa shape index (κ2) is 3.93. The van der Waals surface area contributed by atoms with Gasteiger partial charge in [-0.2, -0.15) is 5.10 Å². The summed E-state index contributed by atoms with van der Waals surface area (Å²) in [6.45, 7) is 0. The van der Waals surface area contributed by atoms with E-state index >= 15 is 0 Å². The van der Waals surface area contributed by atoms with E-state index in [0.717, 1.165) is 42.7 Å². The molecule has 5 rings (SSSR count). The Balaban J connectivity index is 1.77. The van der Waals surface area contributed by atoms with Gasteiger partial charge in [0, 0.05) is 5.41 Å². The molecule has 4 aliphatic carbocycles. The van der Waals surface area contributed by atoms with E-state index in [1.165, 1.54) is 19.3 Å². The van der Waals surface area contributed by atoms with Crippen molar-refractivity contribution < 1.29 is 9.90 Å². The fraction of sp³-hybridized carbons (Fsp3) is 0.667. The molecular formula is C15H19N3O2. The lowest BCUT2D eigenvalue weighted by Gasteiger charge is -2.56. The molecule has 3 N–H and O–H groups in total. The molecule has 5 heteroatoms. The van der Waals surface area contributed by atoms with Gasteiger partial charge < -0.3 is 10.8 Å². The van der Waals surface area contributed by atoms with Gasteiger partial charge in [0.2, 0.25) is 0 Å². The number of carboxylic acids is 1. The van der Waals surface area contributed by atoms with Crippen LogP contribution in [0.3, 0.4) is 0 Å². The third kappa shape index (κ3) is 1.65. The number of aromatic carboxylic acids is 1. The molecule has 0 radical (unpaired) electrons. The predicted molar refractivity (Wildman–Crippen MR) is 73.3 cm³/mol. The Bertz CT molecular complexity index is 549. The van der Waals surface area contributed by atoms with E-state index in [9.17, 15) is 9.90 Å². The van der Waals surface area contributed by atoms with E-state index in [0.29, 0.717) is 0 Å². The summed E-state index contributed by atoms with van der Waals surface area (Å²) in [7, 11) is 0. The number of hydrogen-bond donors (Lipinski definition) is 2. The maximum absolute atomic E-state index is 11.3. The Hall–Kier alpha value is -1.65. The third-order valence-electron chi connectivity index (χ3n) is 5.63. The lowest BCUT2D eigenvalue weighted by molar-refractivity contribution is -0.00761.